The Bertz CT molecular complexity index is 281. The minimum Gasteiger partial charge on any atom is -0.366 e. The van der Waals surface area contributed by atoms with Gasteiger partial charge in [-0.15, -0.1) is 0 Å². The zero-order chi connectivity index (χ0) is 10.4. The van der Waals surface area contributed by atoms with E-state index < -0.39 is 0 Å². The van der Waals surface area contributed by atoms with Gasteiger partial charge in [0.05, 0.1) is 4.99 Å². The summed E-state index contributed by atoms with van der Waals surface area (Å²) in [7, 11) is 0. The van der Waals surface area contributed by atoms with Crippen molar-refractivity contribution in [1.29, 1.82) is 0 Å². The Labute approximate surface area is 91.0 Å². The van der Waals surface area contributed by atoms with Gasteiger partial charge >= 0.3 is 0 Å². The van der Waals surface area contributed by atoms with E-state index in [1.807, 2.05) is 18.2 Å². The third-order valence-corrected chi connectivity index (χ3v) is 2.58. The van der Waals surface area contributed by atoms with Crippen molar-refractivity contribution in [2.45, 2.75) is 20.3 Å². The van der Waals surface area contributed by atoms with Gasteiger partial charge in [0.15, 0.2) is 0 Å². The lowest BCUT2D eigenvalue weighted by atomic mass is 10.2. The Kier molecular flexibility index (Phi) is 4.53. The van der Waals surface area contributed by atoms with E-state index in [2.05, 4.69) is 23.7 Å². The summed E-state index contributed by atoms with van der Waals surface area (Å²) < 4.78 is 0. The van der Waals surface area contributed by atoms with Crippen LogP contribution in [0.3, 0.4) is 0 Å². The average Bonchev–Trinajstić information content (AvgIpc) is 2.21. The van der Waals surface area contributed by atoms with Crippen LogP contribution in [-0.2, 0) is 6.42 Å². The summed E-state index contributed by atoms with van der Waals surface area (Å²) in [5.74, 6) is 0. The van der Waals surface area contributed by atoms with E-state index >= 15 is 0 Å². The summed E-state index contributed by atoms with van der Waals surface area (Å²) >= 11 is 5.34. The number of rotatable bonds is 4. The van der Waals surface area contributed by atoms with Crippen molar-refractivity contribution in [2.75, 3.05) is 13.1 Å². The molecule has 14 heavy (non-hydrogen) atoms. The van der Waals surface area contributed by atoms with E-state index in [1.54, 1.807) is 6.20 Å². The fourth-order valence-electron chi connectivity index (χ4n) is 1.35. The van der Waals surface area contributed by atoms with Crippen molar-refractivity contribution in [2.24, 2.45) is 0 Å². The number of likely N-dealkylation sites (N-methyl/N-ethyl adjacent to an activating group) is 1. The Hall–Kier alpha value is -0.960. The maximum absolute atomic E-state index is 5.34. The summed E-state index contributed by atoms with van der Waals surface area (Å²) in [6, 6.07) is 5.92. The summed E-state index contributed by atoms with van der Waals surface area (Å²) in [5, 5.41) is 0. The van der Waals surface area contributed by atoms with Gasteiger partial charge in [0.25, 0.3) is 0 Å². The molecule has 1 aromatic heterocycles. The van der Waals surface area contributed by atoms with Gasteiger partial charge in [0.2, 0.25) is 0 Å². The summed E-state index contributed by atoms with van der Waals surface area (Å²) in [4.78, 5) is 7.42. The Morgan fingerprint density at radius 2 is 2.07 bits per heavy atom. The van der Waals surface area contributed by atoms with Crippen molar-refractivity contribution in [3.05, 3.63) is 30.1 Å². The lowest BCUT2D eigenvalue weighted by molar-refractivity contribution is 0.467. The van der Waals surface area contributed by atoms with Crippen molar-refractivity contribution >= 4 is 17.2 Å². The first-order valence-corrected chi connectivity index (χ1v) is 5.36. The highest BCUT2D eigenvalue weighted by Crippen LogP contribution is 2.01. The van der Waals surface area contributed by atoms with E-state index in [4.69, 9.17) is 12.2 Å². The first kappa shape index (κ1) is 11.1. The van der Waals surface area contributed by atoms with Crippen LogP contribution in [-0.4, -0.2) is 28.0 Å². The van der Waals surface area contributed by atoms with Crippen LogP contribution >= 0.6 is 12.2 Å². The third-order valence-electron chi connectivity index (χ3n) is 2.17. The number of pyridine rings is 1. The van der Waals surface area contributed by atoms with Crippen molar-refractivity contribution in [3.63, 3.8) is 0 Å². The Balaban J connectivity index is 2.57. The highest BCUT2D eigenvalue weighted by Gasteiger charge is 2.05. The monoisotopic (exact) mass is 208 g/mol. The van der Waals surface area contributed by atoms with Crippen LogP contribution in [0.5, 0.6) is 0 Å². The summed E-state index contributed by atoms with van der Waals surface area (Å²) in [6.45, 7) is 6.19. The smallest absolute Gasteiger partial charge is 0.0839 e. The molecule has 2 nitrogen and oxygen atoms in total. The van der Waals surface area contributed by atoms with E-state index in [9.17, 15) is 0 Å². The van der Waals surface area contributed by atoms with Crippen molar-refractivity contribution in [1.82, 2.24) is 9.88 Å². The van der Waals surface area contributed by atoms with Crippen LogP contribution in [0.1, 0.15) is 19.5 Å². The molecule has 0 saturated heterocycles. The molecule has 0 unspecified atom stereocenters. The van der Waals surface area contributed by atoms with E-state index in [1.165, 1.54) is 0 Å². The van der Waals surface area contributed by atoms with Crippen LogP contribution < -0.4 is 0 Å². The van der Waals surface area contributed by atoms with E-state index in [0.29, 0.717) is 0 Å². The molecule has 1 heterocycles. The molecule has 3 heteroatoms. The van der Waals surface area contributed by atoms with Crippen LogP contribution in [0.25, 0.3) is 0 Å². The maximum atomic E-state index is 5.34. The van der Waals surface area contributed by atoms with Gasteiger partial charge in [-0.05, 0) is 26.0 Å². The molecular formula is C11H16N2S. The molecule has 0 bridgehead atoms. The minimum atomic E-state index is 0.776. The van der Waals surface area contributed by atoms with Crippen molar-refractivity contribution < 1.29 is 0 Å². The predicted molar refractivity (Wildman–Crippen MR) is 63.5 cm³/mol. The van der Waals surface area contributed by atoms with Crippen LogP contribution in [0.2, 0.25) is 0 Å². The van der Waals surface area contributed by atoms with E-state index in [-0.39, 0.29) is 0 Å². The number of hydrogen-bond acceptors (Lipinski definition) is 2. The lowest BCUT2D eigenvalue weighted by Gasteiger charge is -2.21. The quantitative estimate of drug-likeness (QED) is 0.706. The van der Waals surface area contributed by atoms with Gasteiger partial charge in [-0.1, -0.05) is 18.3 Å². The van der Waals surface area contributed by atoms with Gasteiger partial charge in [-0.2, -0.15) is 0 Å². The highest BCUT2D eigenvalue weighted by molar-refractivity contribution is 7.80. The SMILES string of the molecule is CCN(CC)C(=S)Cc1ccccn1. The Morgan fingerprint density at radius 3 is 2.57 bits per heavy atom. The molecule has 0 aromatic carbocycles. The number of hydrogen-bond donors (Lipinski definition) is 0. The van der Waals surface area contributed by atoms with Gasteiger partial charge in [-0.3, -0.25) is 4.98 Å². The number of thiocarbonyl (C=S) groups is 1. The summed E-state index contributed by atoms with van der Waals surface area (Å²) in [5.41, 5.74) is 1.05. The van der Waals surface area contributed by atoms with Crippen molar-refractivity contribution in [3.8, 4) is 0 Å². The fraction of sp³-hybridized carbons (Fsp3) is 0.455. The molecule has 0 fully saturated rings. The zero-order valence-corrected chi connectivity index (χ0v) is 9.55. The molecule has 0 atom stereocenters. The minimum absolute atomic E-state index is 0.776. The second kappa shape index (κ2) is 5.70. The van der Waals surface area contributed by atoms with Gasteiger partial charge < -0.3 is 4.90 Å². The molecule has 76 valence electrons. The molecule has 0 aliphatic heterocycles. The zero-order valence-electron chi connectivity index (χ0n) is 8.73. The second-order valence-electron chi connectivity index (χ2n) is 3.06. The molecule has 1 aromatic rings. The maximum Gasteiger partial charge on any atom is 0.0839 e. The van der Waals surface area contributed by atoms with Crippen LogP contribution in [0.15, 0.2) is 24.4 Å². The van der Waals surface area contributed by atoms with Crippen LogP contribution in [0, 0.1) is 0 Å². The average molecular weight is 208 g/mol. The molecule has 0 amide bonds. The standard InChI is InChI=1S/C11H16N2S/c1-3-13(4-2)11(14)9-10-7-5-6-8-12-10/h5-8H,3-4,9H2,1-2H3. The largest absolute Gasteiger partial charge is 0.366 e. The third kappa shape index (κ3) is 3.07. The highest BCUT2D eigenvalue weighted by atomic mass is 32.1. The molecule has 0 saturated carbocycles. The molecular weight excluding hydrogens is 192 g/mol. The van der Waals surface area contributed by atoms with Gasteiger partial charge in [-0.25, -0.2) is 0 Å². The molecule has 0 spiro atoms. The summed E-state index contributed by atoms with van der Waals surface area (Å²) in [6.07, 6.45) is 2.58. The molecule has 0 aliphatic rings. The first-order valence-electron chi connectivity index (χ1n) is 4.95. The van der Waals surface area contributed by atoms with Crippen LogP contribution in [0.4, 0.5) is 0 Å². The number of nitrogens with zero attached hydrogens (tertiary/aromatic N) is 2. The lowest BCUT2D eigenvalue weighted by Crippen LogP contribution is -2.30. The normalized spacial score (nSPS) is 9.86. The molecule has 1 rings (SSSR count). The fourth-order valence-corrected chi connectivity index (χ4v) is 1.75. The topological polar surface area (TPSA) is 16.1 Å². The second-order valence-corrected chi connectivity index (χ2v) is 3.54. The number of aromatic nitrogens is 1. The van der Waals surface area contributed by atoms with Gasteiger partial charge in [0.1, 0.15) is 0 Å². The first-order chi connectivity index (χ1) is 6.77. The van der Waals surface area contributed by atoms with Gasteiger partial charge in [0, 0.05) is 31.4 Å². The Morgan fingerprint density at radius 1 is 1.36 bits per heavy atom. The predicted octanol–water partition coefficient (Wildman–Crippen LogP) is 2.29. The molecule has 0 aliphatic carbocycles. The molecule has 0 N–H and O–H groups in total. The molecule has 0 radical (unpaired) electrons. The van der Waals surface area contributed by atoms with E-state index in [0.717, 1.165) is 30.2 Å².